The number of hydrogen-bond donors (Lipinski definition) is 2. The van der Waals surface area contributed by atoms with E-state index in [1.54, 1.807) is 0 Å². The van der Waals surface area contributed by atoms with Crippen LogP contribution in [0.4, 0.5) is 10.6 Å². The summed E-state index contributed by atoms with van der Waals surface area (Å²) in [4.78, 5) is 23.0. The number of carbonyl (C=O) groups is 1. The van der Waals surface area contributed by atoms with E-state index in [2.05, 4.69) is 36.1 Å². The van der Waals surface area contributed by atoms with E-state index in [-0.39, 0.29) is 23.9 Å². The van der Waals surface area contributed by atoms with E-state index in [1.165, 1.54) is 6.20 Å². The van der Waals surface area contributed by atoms with Crippen molar-refractivity contribution < 1.29 is 24.1 Å². The molecule has 1 amide bonds. The summed E-state index contributed by atoms with van der Waals surface area (Å²) < 4.78 is 16.6. The molecule has 29 heavy (non-hydrogen) atoms. The first-order chi connectivity index (χ1) is 13.7. The molecular formula is C20H34N4O5. The Morgan fingerprint density at radius 3 is 2.62 bits per heavy atom. The van der Waals surface area contributed by atoms with Gasteiger partial charge in [-0.2, -0.15) is 4.98 Å². The third kappa shape index (κ3) is 8.02. The number of morpholine rings is 1. The summed E-state index contributed by atoms with van der Waals surface area (Å²) in [5, 5.41) is 12.1. The van der Waals surface area contributed by atoms with Crippen molar-refractivity contribution in [3.8, 4) is 11.8 Å². The van der Waals surface area contributed by atoms with Gasteiger partial charge in [-0.15, -0.1) is 0 Å². The van der Waals surface area contributed by atoms with Gasteiger partial charge in [0, 0.05) is 13.1 Å². The Bertz CT molecular complexity index is 657. The molecule has 1 aromatic heterocycles. The summed E-state index contributed by atoms with van der Waals surface area (Å²) in [5.74, 6) is 1.31. The number of aliphatic hydroxyl groups is 1. The predicted octanol–water partition coefficient (Wildman–Crippen LogP) is 2.23. The zero-order valence-electron chi connectivity index (χ0n) is 18.1. The van der Waals surface area contributed by atoms with Gasteiger partial charge in [0.15, 0.2) is 5.82 Å². The maximum Gasteiger partial charge on any atom is 0.414 e. The van der Waals surface area contributed by atoms with Crippen molar-refractivity contribution in [3.63, 3.8) is 0 Å². The van der Waals surface area contributed by atoms with Gasteiger partial charge in [0.25, 0.3) is 5.88 Å². The van der Waals surface area contributed by atoms with Gasteiger partial charge in [0.2, 0.25) is 5.88 Å². The van der Waals surface area contributed by atoms with E-state index >= 15 is 0 Å². The highest BCUT2D eigenvalue weighted by Gasteiger charge is 2.22. The Morgan fingerprint density at radius 1 is 1.34 bits per heavy atom. The number of ether oxygens (including phenoxy) is 3. The summed E-state index contributed by atoms with van der Waals surface area (Å²) >= 11 is 0. The predicted molar refractivity (Wildman–Crippen MR) is 110 cm³/mol. The van der Waals surface area contributed by atoms with Gasteiger partial charge in [-0.25, -0.2) is 9.78 Å². The van der Waals surface area contributed by atoms with Crippen molar-refractivity contribution >= 4 is 11.9 Å². The van der Waals surface area contributed by atoms with Gasteiger partial charge in [0.05, 0.1) is 38.7 Å². The smallest absolute Gasteiger partial charge is 0.414 e. The van der Waals surface area contributed by atoms with Gasteiger partial charge in [-0.05, 0) is 17.8 Å². The van der Waals surface area contributed by atoms with Crippen LogP contribution in [0, 0.1) is 11.3 Å². The van der Waals surface area contributed by atoms with Gasteiger partial charge >= 0.3 is 6.09 Å². The summed E-state index contributed by atoms with van der Waals surface area (Å²) in [6.45, 7) is 13.1. The largest absolute Gasteiger partial charge is 0.474 e. The maximum absolute atomic E-state index is 12.2. The molecule has 1 aliphatic rings. The molecule has 1 aromatic rings. The highest BCUT2D eigenvalue weighted by Crippen LogP contribution is 2.28. The van der Waals surface area contributed by atoms with Crippen molar-refractivity contribution in [1.29, 1.82) is 0 Å². The molecule has 9 heteroatoms. The first kappa shape index (κ1) is 23.2. The molecule has 1 atom stereocenters. The molecule has 9 nitrogen and oxygen atoms in total. The van der Waals surface area contributed by atoms with Crippen LogP contribution in [0.25, 0.3) is 0 Å². The maximum atomic E-state index is 12.2. The molecule has 1 saturated heterocycles. The lowest BCUT2D eigenvalue weighted by atomic mass is 9.99. The van der Waals surface area contributed by atoms with E-state index in [0.717, 1.165) is 0 Å². The Balaban J connectivity index is 2.12. The second-order valence-corrected chi connectivity index (χ2v) is 8.83. The van der Waals surface area contributed by atoms with Crippen molar-refractivity contribution in [2.45, 2.75) is 47.1 Å². The fourth-order valence-electron chi connectivity index (χ4n) is 2.81. The SMILES string of the molecule is CC(C)C[C@@H](CO)NC(=O)Oc1cnc(N2CCOCC2)c(OCC(C)(C)C)n1. The molecule has 2 N–H and O–H groups in total. The molecule has 0 unspecified atom stereocenters. The molecular weight excluding hydrogens is 376 g/mol. The third-order valence-electron chi connectivity index (χ3n) is 4.15. The Kier molecular flexibility index (Phi) is 8.45. The molecule has 0 bridgehead atoms. The van der Waals surface area contributed by atoms with Crippen molar-refractivity contribution in [2.24, 2.45) is 11.3 Å². The number of amides is 1. The first-order valence-corrected chi connectivity index (χ1v) is 10.1. The fourth-order valence-corrected chi connectivity index (χ4v) is 2.81. The molecule has 0 aromatic carbocycles. The second-order valence-electron chi connectivity index (χ2n) is 8.83. The Hall–Kier alpha value is -2.13. The average Bonchev–Trinajstić information content (AvgIpc) is 2.65. The molecule has 0 radical (unpaired) electrons. The van der Waals surface area contributed by atoms with E-state index in [9.17, 15) is 9.90 Å². The Morgan fingerprint density at radius 2 is 2.03 bits per heavy atom. The van der Waals surface area contributed by atoms with E-state index in [0.29, 0.717) is 56.9 Å². The van der Waals surface area contributed by atoms with Crippen LogP contribution in [0.3, 0.4) is 0 Å². The highest BCUT2D eigenvalue weighted by molar-refractivity contribution is 5.70. The fraction of sp³-hybridized carbons (Fsp3) is 0.750. The minimum absolute atomic E-state index is 0.0460. The number of aromatic nitrogens is 2. The first-order valence-electron chi connectivity index (χ1n) is 10.1. The van der Waals surface area contributed by atoms with E-state index in [4.69, 9.17) is 14.2 Å². The summed E-state index contributed by atoms with van der Waals surface area (Å²) in [5.41, 5.74) is -0.0661. The summed E-state index contributed by atoms with van der Waals surface area (Å²) in [7, 11) is 0. The van der Waals surface area contributed by atoms with Crippen molar-refractivity contribution in [1.82, 2.24) is 15.3 Å². The van der Waals surface area contributed by atoms with Crippen LogP contribution in [0.1, 0.15) is 41.0 Å². The summed E-state index contributed by atoms with van der Waals surface area (Å²) in [6.07, 6.45) is 1.37. The molecule has 1 fully saturated rings. The van der Waals surface area contributed by atoms with Crippen LogP contribution in [0.15, 0.2) is 6.20 Å². The lowest BCUT2D eigenvalue weighted by molar-refractivity contribution is 0.121. The minimum Gasteiger partial charge on any atom is -0.474 e. The van der Waals surface area contributed by atoms with Crippen molar-refractivity contribution in [2.75, 3.05) is 44.4 Å². The quantitative estimate of drug-likeness (QED) is 0.672. The molecule has 0 saturated carbocycles. The number of nitrogens with one attached hydrogen (secondary N) is 1. The monoisotopic (exact) mass is 410 g/mol. The number of rotatable bonds is 8. The average molecular weight is 411 g/mol. The van der Waals surface area contributed by atoms with Crippen molar-refractivity contribution in [3.05, 3.63) is 6.20 Å². The third-order valence-corrected chi connectivity index (χ3v) is 4.15. The molecule has 2 rings (SSSR count). The number of carbonyl (C=O) groups excluding carboxylic acids is 1. The van der Waals surface area contributed by atoms with Gasteiger partial charge < -0.3 is 29.5 Å². The van der Waals surface area contributed by atoms with Crippen LogP contribution < -0.4 is 19.7 Å². The van der Waals surface area contributed by atoms with Crippen LogP contribution in [0.2, 0.25) is 0 Å². The number of hydrogen-bond acceptors (Lipinski definition) is 8. The lowest BCUT2D eigenvalue weighted by Gasteiger charge is -2.29. The van der Waals surface area contributed by atoms with Crippen LogP contribution in [-0.4, -0.2) is 66.7 Å². The van der Waals surface area contributed by atoms with E-state index in [1.807, 2.05) is 18.7 Å². The number of nitrogens with zero attached hydrogens (tertiary/aromatic N) is 3. The molecule has 0 spiro atoms. The highest BCUT2D eigenvalue weighted by atomic mass is 16.6. The molecule has 0 aliphatic carbocycles. The number of aliphatic hydroxyl groups excluding tert-OH is 1. The normalized spacial score (nSPS) is 15.9. The number of anilines is 1. The standard InChI is InChI=1S/C20H34N4O5/c1-14(2)10-15(12-25)22-19(26)29-16-11-21-17(24-6-8-27-9-7-24)18(23-16)28-13-20(3,4)5/h11,14-15,25H,6-10,12-13H2,1-5H3,(H,22,26)/t15-/m0/s1. The van der Waals surface area contributed by atoms with E-state index < -0.39 is 6.09 Å². The Labute approximate surface area is 172 Å². The lowest BCUT2D eigenvalue weighted by Crippen LogP contribution is -2.40. The van der Waals surface area contributed by atoms with Gasteiger partial charge in [-0.1, -0.05) is 34.6 Å². The molecule has 1 aliphatic heterocycles. The zero-order chi connectivity index (χ0) is 21.4. The van der Waals surface area contributed by atoms with Crippen LogP contribution in [0.5, 0.6) is 11.8 Å². The second kappa shape index (κ2) is 10.6. The molecule has 2 heterocycles. The van der Waals surface area contributed by atoms with Gasteiger partial charge in [-0.3, -0.25) is 0 Å². The van der Waals surface area contributed by atoms with Crippen LogP contribution >= 0.6 is 0 Å². The minimum atomic E-state index is -0.681. The molecule has 164 valence electrons. The topological polar surface area (TPSA) is 106 Å². The van der Waals surface area contributed by atoms with Gasteiger partial charge in [0.1, 0.15) is 0 Å². The summed E-state index contributed by atoms with van der Waals surface area (Å²) in [6, 6.07) is -0.375. The zero-order valence-corrected chi connectivity index (χ0v) is 18.1. The van der Waals surface area contributed by atoms with Crippen LogP contribution in [-0.2, 0) is 4.74 Å².